The lowest BCUT2D eigenvalue weighted by molar-refractivity contribution is -0.127. The molecule has 27 heavy (non-hydrogen) atoms. The van der Waals surface area contributed by atoms with Crippen molar-refractivity contribution in [3.05, 3.63) is 42.5 Å². The number of ether oxygens (including phenoxy) is 1. The fourth-order valence-electron chi connectivity index (χ4n) is 2.01. The van der Waals surface area contributed by atoms with E-state index < -0.39 is 0 Å². The Labute approximate surface area is 180 Å². The Balaban J connectivity index is 0.00000676. The molecule has 0 bridgehead atoms. The number of carbonyl (C=O) groups excluding carboxylic acids is 1. The van der Waals surface area contributed by atoms with Crippen molar-refractivity contribution in [2.24, 2.45) is 10.9 Å². The SMILES string of the molecule is C=CCNC(=NCC(=O)N(C)C)NC(C)c1ccc(OCC(C)C)cc1.I. The first-order chi connectivity index (χ1) is 12.3. The zero-order valence-corrected chi connectivity index (χ0v) is 19.3. The number of halogens is 1. The van der Waals surface area contributed by atoms with Crippen molar-refractivity contribution >= 4 is 35.8 Å². The molecule has 6 nitrogen and oxygen atoms in total. The average molecular weight is 488 g/mol. The number of amides is 1. The normalized spacial score (nSPS) is 12.0. The number of hydrogen-bond donors (Lipinski definition) is 2. The van der Waals surface area contributed by atoms with Crippen molar-refractivity contribution in [3.63, 3.8) is 0 Å². The monoisotopic (exact) mass is 488 g/mol. The summed E-state index contributed by atoms with van der Waals surface area (Å²) in [6, 6.07) is 8.03. The molecule has 1 rings (SSSR count). The third-order valence-electron chi connectivity index (χ3n) is 3.60. The first-order valence-electron chi connectivity index (χ1n) is 8.92. The number of likely N-dealkylation sites (N-methyl/N-ethyl adjacent to an activating group) is 1. The molecule has 152 valence electrons. The number of carbonyl (C=O) groups is 1. The summed E-state index contributed by atoms with van der Waals surface area (Å²) >= 11 is 0. The van der Waals surface area contributed by atoms with Gasteiger partial charge in [0, 0.05) is 20.6 Å². The van der Waals surface area contributed by atoms with E-state index in [-0.39, 0.29) is 42.5 Å². The fourth-order valence-corrected chi connectivity index (χ4v) is 2.01. The van der Waals surface area contributed by atoms with Gasteiger partial charge in [-0.05, 0) is 30.5 Å². The van der Waals surface area contributed by atoms with Crippen molar-refractivity contribution < 1.29 is 9.53 Å². The molecule has 0 radical (unpaired) electrons. The van der Waals surface area contributed by atoms with Crippen LogP contribution in [0.25, 0.3) is 0 Å². The van der Waals surface area contributed by atoms with Crippen LogP contribution in [-0.2, 0) is 4.79 Å². The zero-order valence-electron chi connectivity index (χ0n) is 17.0. The molecule has 0 aliphatic heterocycles. The summed E-state index contributed by atoms with van der Waals surface area (Å²) in [7, 11) is 3.43. The van der Waals surface area contributed by atoms with E-state index in [0.717, 1.165) is 11.3 Å². The molecular formula is C20H33IN4O2. The number of guanidine groups is 1. The highest BCUT2D eigenvalue weighted by Crippen LogP contribution is 2.18. The Bertz CT molecular complexity index is 601. The Kier molecular flexibility index (Phi) is 12.5. The van der Waals surface area contributed by atoms with E-state index in [4.69, 9.17) is 4.74 Å². The van der Waals surface area contributed by atoms with Crippen LogP contribution in [0.5, 0.6) is 5.75 Å². The van der Waals surface area contributed by atoms with Crippen LogP contribution in [0.2, 0.25) is 0 Å². The first kappa shape index (κ1) is 25.2. The number of aliphatic imine (C=N–C) groups is 1. The number of hydrogen-bond acceptors (Lipinski definition) is 3. The molecule has 0 saturated carbocycles. The highest BCUT2D eigenvalue weighted by Gasteiger charge is 2.10. The molecule has 0 fully saturated rings. The average Bonchev–Trinajstić information content (AvgIpc) is 2.61. The number of rotatable bonds is 9. The van der Waals surface area contributed by atoms with E-state index in [1.807, 2.05) is 31.2 Å². The van der Waals surface area contributed by atoms with E-state index in [0.29, 0.717) is 25.0 Å². The summed E-state index contributed by atoms with van der Waals surface area (Å²) in [6.45, 7) is 11.4. The summed E-state index contributed by atoms with van der Waals surface area (Å²) in [4.78, 5) is 17.6. The molecule has 1 aromatic carbocycles. The molecule has 1 aromatic rings. The summed E-state index contributed by atoms with van der Waals surface area (Å²) < 4.78 is 5.71. The van der Waals surface area contributed by atoms with Crippen LogP contribution in [0, 0.1) is 5.92 Å². The second-order valence-electron chi connectivity index (χ2n) is 6.76. The van der Waals surface area contributed by atoms with E-state index in [2.05, 4.69) is 36.1 Å². The highest BCUT2D eigenvalue weighted by molar-refractivity contribution is 14.0. The molecule has 0 spiro atoms. The third kappa shape index (κ3) is 10.2. The molecule has 7 heteroatoms. The third-order valence-corrected chi connectivity index (χ3v) is 3.60. The Morgan fingerprint density at radius 1 is 1.26 bits per heavy atom. The lowest BCUT2D eigenvalue weighted by Crippen LogP contribution is -2.39. The van der Waals surface area contributed by atoms with E-state index in [9.17, 15) is 4.79 Å². The van der Waals surface area contributed by atoms with Crippen LogP contribution in [-0.4, -0.2) is 50.6 Å². The van der Waals surface area contributed by atoms with Crippen LogP contribution in [0.1, 0.15) is 32.4 Å². The van der Waals surface area contributed by atoms with Crippen LogP contribution < -0.4 is 15.4 Å². The molecule has 1 amide bonds. The lowest BCUT2D eigenvalue weighted by Gasteiger charge is -2.19. The second-order valence-corrected chi connectivity index (χ2v) is 6.76. The molecule has 1 unspecified atom stereocenters. The molecule has 0 heterocycles. The largest absolute Gasteiger partial charge is 0.493 e. The van der Waals surface area contributed by atoms with Gasteiger partial charge >= 0.3 is 0 Å². The van der Waals surface area contributed by atoms with Crippen LogP contribution in [0.3, 0.4) is 0 Å². The molecular weight excluding hydrogens is 455 g/mol. The van der Waals surface area contributed by atoms with Gasteiger partial charge in [0.05, 0.1) is 12.6 Å². The van der Waals surface area contributed by atoms with Gasteiger partial charge in [0.25, 0.3) is 0 Å². The Morgan fingerprint density at radius 3 is 2.41 bits per heavy atom. The van der Waals surface area contributed by atoms with Gasteiger partial charge in [0.1, 0.15) is 12.3 Å². The maximum atomic E-state index is 11.8. The minimum absolute atomic E-state index is 0. The number of nitrogens with one attached hydrogen (secondary N) is 2. The van der Waals surface area contributed by atoms with E-state index in [1.54, 1.807) is 20.2 Å². The van der Waals surface area contributed by atoms with Crippen molar-refractivity contribution in [3.8, 4) is 5.75 Å². The standard InChI is InChI=1S/C20H32N4O2.HI/c1-7-12-21-20(22-13-19(25)24(5)6)23-16(4)17-8-10-18(11-9-17)26-14-15(2)3;/h7-11,15-16H,1,12-14H2,2-6H3,(H2,21,22,23);1H. The van der Waals surface area contributed by atoms with Crippen molar-refractivity contribution in [1.82, 2.24) is 15.5 Å². The van der Waals surface area contributed by atoms with Crippen LogP contribution in [0.4, 0.5) is 0 Å². The lowest BCUT2D eigenvalue weighted by atomic mass is 10.1. The summed E-state index contributed by atoms with van der Waals surface area (Å²) in [5, 5.41) is 6.45. The van der Waals surface area contributed by atoms with Gasteiger partial charge in [-0.2, -0.15) is 0 Å². The predicted molar refractivity (Wildman–Crippen MR) is 123 cm³/mol. The summed E-state index contributed by atoms with van der Waals surface area (Å²) in [6.07, 6.45) is 1.75. The molecule has 2 N–H and O–H groups in total. The van der Waals surface area contributed by atoms with Crippen molar-refractivity contribution in [2.75, 3.05) is 33.8 Å². The molecule has 0 aliphatic rings. The Hall–Kier alpha value is -1.77. The first-order valence-corrected chi connectivity index (χ1v) is 8.92. The highest BCUT2D eigenvalue weighted by atomic mass is 127. The molecule has 1 atom stereocenters. The maximum absolute atomic E-state index is 11.8. The number of nitrogens with zero attached hydrogens (tertiary/aromatic N) is 2. The van der Waals surface area contributed by atoms with Crippen LogP contribution in [0.15, 0.2) is 41.9 Å². The van der Waals surface area contributed by atoms with E-state index >= 15 is 0 Å². The predicted octanol–water partition coefficient (Wildman–Crippen LogP) is 3.21. The van der Waals surface area contributed by atoms with Gasteiger partial charge in [-0.1, -0.05) is 32.1 Å². The van der Waals surface area contributed by atoms with Crippen LogP contribution >= 0.6 is 24.0 Å². The second kappa shape index (κ2) is 13.4. The molecule has 0 saturated heterocycles. The fraction of sp³-hybridized carbons (Fsp3) is 0.500. The van der Waals surface area contributed by atoms with Gasteiger partial charge in [0.15, 0.2) is 5.96 Å². The minimum atomic E-state index is -0.0518. The Morgan fingerprint density at radius 2 is 1.89 bits per heavy atom. The topological polar surface area (TPSA) is 66.0 Å². The van der Waals surface area contributed by atoms with Gasteiger partial charge in [-0.15, -0.1) is 30.6 Å². The van der Waals surface area contributed by atoms with Gasteiger partial charge in [-0.25, -0.2) is 4.99 Å². The smallest absolute Gasteiger partial charge is 0.243 e. The molecule has 0 aromatic heterocycles. The maximum Gasteiger partial charge on any atom is 0.243 e. The molecule has 0 aliphatic carbocycles. The zero-order chi connectivity index (χ0) is 19.5. The summed E-state index contributed by atoms with van der Waals surface area (Å²) in [5.41, 5.74) is 1.11. The van der Waals surface area contributed by atoms with Gasteiger partial charge in [-0.3, -0.25) is 4.79 Å². The van der Waals surface area contributed by atoms with Crippen molar-refractivity contribution in [1.29, 1.82) is 0 Å². The quantitative estimate of drug-likeness (QED) is 0.243. The van der Waals surface area contributed by atoms with E-state index in [1.165, 1.54) is 4.90 Å². The van der Waals surface area contributed by atoms with Gasteiger partial charge in [0.2, 0.25) is 5.91 Å². The van der Waals surface area contributed by atoms with Crippen molar-refractivity contribution in [2.45, 2.75) is 26.8 Å². The number of benzene rings is 1. The van der Waals surface area contributed by atoms with Gasteiger partial charge < -0.3 is 20.3 Å². The minimum Gasteiger partial charge on any atom is -0.493 e. The summed E-state index contributed by atoms with van der Waals surface area (Å²) in [5.74, 6) is 1.89.